The highest BCUT2D eigenvalue weighted by atomic mass is 35.5. The second kappa shape index (κ2) is 6.98. The van der Waals surface area contributed by atoms with Crippen LogP contribution in [0.5, 0.6) is 0 Å². The second-order valence-corrected chi connectivity index (χ2v) is 8.60. The summed E-state index contributed by atoms with van der Waals surface area (Å²) in [7, 11) is 0. The summed E-state index contributed by atoms with van der Waals surface area (Å²) in [5.41, 5.74) is 1.02. The zero-order valence-corrected chi connectivity index (χ0v) is 15.5. The van der Waals surface area contributed by atoms with Crippen LogP contribution in [0, 0.1) is 0 Å². The van der Waals surface area contributed by atoms with Gasteiger partial charge >= 0.3 is 0 Å². The summed E-state index contributed by atoms with van der Waals surface area (Å²) in [6.45, 7) is 5.15. The molecular formula is C17H18ClN3OS2. The molecule has 2 aromatic heterocycles. The molecule has 1 fully saturated rings. The number of halogens is 1. The lowest BCUT2D eigenvalue weighted by atomic mass is 10.3. The van der Waals surface area contributed by atoms with E-state index in [2.05, 4.69) is 15.9 Å². The van der Waals surface area contributed by atoms with Gasteiger partial charge in [0.05, 0.1) is 16.8 Å². The number of aromatic nitrogens is 1. The predicted octanol–water partition coefficient (Wildman–Crippen LogP) is 3.83. The number of benzene rings is 1. The van der Waals surface area contributed by atoms with Gasteiger partial charge in [0.25, 0.3) is 0 Å². The summed E-state index contributed by atoms with van der Waals surface area (Å²) < 4.78 is 1.15. The molecule has 1 aliphatic heterocycles. The predicted molar refractivity (Wildman–Crippen MR) is 102 cm³/mol. The van der Waals surface area contributed by atoms with Crippen LogP contribution in [0.4, 0.5) is 5.13 Å². The number of aliphatic hydroxyl groups is 1. The first-order chi connectivity index (χ1) is 11.7. The minimum absolute atomic E-state index is 0.139. The Kier molecular flexibility index (Phi) is 4.74. The molecule has 1 aromatic carbocycles. The average molecular weight is 380 g/mol. The number of nitrogens with zero attached hydrogens (tertiary/aromatic N) is 3. The molecular weight excluding hydrogens is 362 g/mol. The van der Waals surface area contributed by atoms with Gasteiger partial charge in [0.2, 0.25) is 0 Å². The van der Waals surface area contributed by atoms with Gasteiger partial charge in [-0.25, -0.2) is 4.98 Å². The Hall–Kier alpha value is -1.18. The second-order valence-electron chi connectivity index (χ2n) is 5.90. The van der Waals surface area contributed by atoms with Crippen molar-refractivity contribution in [1.82, 2.24) is 9.88 Å². The average Bonchev–Trinajstić information content (AvgIpc) is 3.21. The Balaban J connectivity index is 1.39. The molecule has 126 valence electrons. The van der Waals surface area contributed by atoms with Gasteiger partial charge in [0, 0.05) is 47.5 Å². The van der Waals surface area contributed by atoms with E-state index in [-0.39, 0.29) is 6.61 Å². The summed E-state index contributed by atoms with van der Waals surface area (Å²) in [5, 5.41) is 11.0. The van der Waals surface area contributed by atoms with E-state index >= 15 is 0 Å². The lowest BCUT2D eigenvalue weighted by Gasteiger charge is -2.34. The molecule has 0 unspecified atom stereocenters. The quantitative estimate of drug-likeness (QED) is 0.747. The van der Waals surface area contributed by atoms with E-state index in [1.165, 1.54) is 4.88 Å². The molecule has 3 heterocycles. The van der Waals surface area contributed by atoms with Crippen molar-refractivity contribution in [3.8, 4) is 0 Å². The van der Waals surface area contributed by atoms with Gasteiger partial charge in [-0.05, 0) is 30.3 Å². The first-order valence-corrected chi connectivity index (χ1v) is 9.94. The number of hydrogen-bond donors (Lipinski definition) is 1. The van der Waals surface area contributed by atoms with Crippen molar-refractivity contribution in [3.05, 3.63) is 45.1 Å². The van der Waals surface area contributed by atoms with Crippen LogP contribution in [0.1, 0.15) is 9.75 Å². The van der Waals surface area contributed by atoms with E-state index < -0.39 is 0 Å². The first kappa shape index (κ1) is 16.3. The van der Waals surface area contributed by atoms with Crippen LogP contribution in [-0.4, -0.2) is 41.2 Å². The van der Waals surface area contributed by atoms with Crippen molar-refractivity contribution < 1.29 is 5.11 Å². The van der Waals surface area contributed by atoms with E-state index in [0.29, 0.717) is 0 Å². The van der Waals surface area contributed by atoms with Gasteiger partial charge < -0.3 is 10.0 Å². The van der Waals surface area contributed by atoms with E-state index in [4.69, 9.17) is 16.6 Å². The number of aliphatic hydroxyl groups excluding tert-OH is 1. The fourth-order valence-electron chi connectivity index (χ4n) is 2.93. The molecule has 7 heteroatoms. The third kappa shape index (κ3) is 3.43. The van der Waals surface area contributed by atoms with Crippen molar-refractivity contribution in [2.24, 2.45) is 0 Å². The summed E-state index contributed by atoms with van der Waals surface area (Å²) in [5.74, 6) is 0. The van der Waals surface area contributed by atoms with Crippen LogP contribution in [0.2, 0.25) is 5.02 Å². The molecule has 0 spiro atoms. The summed E-state index contributed by atoms with van der Waals surface area (Å²) in [6, 6.07) is 10.0. The highest BCUT2D eigenvalue weighted by molar-refractivity contribution is 7.22. The van der Waals surface area contributed by atoms with E-state index in [0.717, 1.165) is 58.0 Å². The third-order valence-corrected chi connectivity index (χ3v) is 6.60. The van der Waals surface area contributed by atoms with Crippen LogP contribution in [0.25, 0.3) is 10.2 Å². The number of piperazine rings is 1. The van der Waals surface area contributed by atoms with Crippen molar-refractivity contribution in [1.29, 1.82) is 0 Å². The first-order valence-electron chi connectivity index (χ1n) is 7.93. The van der Waals surface area contributed by atoms with Crippen LogP contribution < -0.4 is 4.90 Å². The number of thiazole rings is 1. The molecule has 1 saturated heterocycles. The van der Waals surface area contributed by atoms with Crippen LogP contribution >= 0.6 is 34.3 Å². The fourth-order valence-corrected chi connectivity index (χ4v) is 5.15. The summed E-state index contributed by atoms with van der Waals surface area (Å²) >= 11 is 9.48. The lowest BCUT2D eigenvalue weighted by Crippen LogP contribution is -2.45. The Morgan fingerprint density at radius 2 is 1.83 bits per heavy atom. The van der Waals surface area contributed by atoms with E-state index in [1.54, 1.807) is 22.7 Å². The standard InChI is InChI=1S/C17H18ClN3OS2/c18-12-1-4-15-16(9-12)24-17(19-15)21-7-5-20(6-8-21)10-13-2-3-14(11-22)23-13/h1-4,9,22H,5-8,10-11H2. The lowest BCUT2D eigenvalue weighted by molar-refractivity contribution is 0.252. The van der Waals surface area contributed by atoms with E-state index in [1.807, 2.05) is 24.3 Å². The molecule has 0 atom stereocenters. The Morgan fingerprint density at radius 1 is 1.04 bits per heavy atom. The SMILES string of the molecule is OCc1ccc(CN2CCN(c3nc4ccc(Cl)cc4s3)CC2)s1. The normalized spacial score (nSPS) is 16.2. The highest BCUT2D eigenvalue weighted by Crippen LogP contribution is 2.31. The molecule has 4 nitrogen and oxygen atoms in total. The molecule has 4 rings (SSSR count). The van der Waals surface area contributed by atoms with Gasteiger partial charge in [0.1, 0.15) is 0 Å². The van der Waals surface area contributed by atoms with Crippen LogP contribution in [-0.2, 0) is 13.2 Å². The fraction of sp³-hybridized carbons (Fsp3) is 0.353. The van der Waals surface area contributed by atoms with Crippen molar-refractivity contribution >= 4 is 49.6 Å². The van der Waals surface area contributed by atoms with Crippen molar-refractivity contribution in [2.45, 2.75) is 13.2 Å². The maximum absolute atomic E-state index is 9.17. The molecule has 3 aromatic rings. The minimum atomic E-state index is 0.139. The number of thiophene rings is 1. The van der Waals surface area contributed by atoms with Gasteiger partial charge in [-0.3, -0.25) is 4.90 Å². The molecule has 0 radical (unpaired) electrons. The molecule has 1 aliphatic rings. The van der Waals surface area contributed by atoms with Crippen LogP contribution in [0.15, 0.2) is 30.3 Å². The Labute approximate surface area is 153 Å². The summed E-state index contributed by atoms with van der Waals surface area (Å²) in [6.07, 6.45) is 0. The molecule has 0 bridgehead atoms. The number of anilines is 1. The zero-order valence-electron chi connectivity index (χ0n) is 13.1. The summed E-state index contributed by atoms with van der Waals surface area (Å²) in [4.78, 5) is 11.9. The number of rotatable bonds is 4. The number of fused-ring (bicyclic) bond motifs is 1. The zero-order chi connectivity index (χ0) is 16.5. The molecule has 0 saturated carbocycles. The van der Waals surface area contributed by atoms with Gasteiger partial charge in [-0.15, -0.1) is 11.3 Å². The Bertz CT molecular complexity index is 839. The largest absolute Gasteiger partial charge is 0.391 e. The van der Waals surface area contributed by atoms with E-state index in [9.17, 15) is 5.11 Å². The number of hydrogen-bond acceptors (Lipinski definition) is 6. The minimum Gasteiger partial charge on any atom is -0.391 e. The smallest absolute Gasteiger partial charge is 0.186 e. The topological polar surface area (TPSA) is 39.6 Å². The van der Waals surface area contributed by atoms with Gasteiger partial charge in [0.15, 0.2) is 5.13 Å². The maximum atomic E-state index is 9.17. The molecule has 1 N–H and O–H groups in total. The molecule has 0 amide bonds. The highest BCUT2D eigenvalue weighted by Gasteiger charge is 2.20. The maximum Gasteiger partial charge on any atom is 0.186 e. The van der Waals surface area contributed by atoms with Gasteiger partial charge in [-0.2, -0.15) is 0 Å². The Morgan fingerprint density at radius 3 is 2.58 bits per heavy atom. The third-order valence-electron chi connectivity index (χ3n) is 4.23. The van der Waals surface area contributed by atoms with Crippen molar-refractivity contribution in [2.75, 3.05) is 31.1 Å². The van der Waals surface area contributed by atoms with Crippen molar-refractivity contribution in [3.63, 3.8) is 0 Å². The van der Waals surface area contributed by atoms with Gasteiger partial charge in [-0.1, -0.05) is 22.9 Å². The monoisotopic (exact) mass is 379 g/mol. The molecule has 0 aliphatic carbocycles. The molecule has 24 heavy (non-hydrogen) atoms. The van der Waals surface area contributed by atoms with Crippen LogP contribution in [0.3, 0.4) is 0 Å².